The number of carbonyl (C=O) groups is 1. The molecule has 3 rings (SSSR count). The molecule has 2 aliphatic heterocycles. The minimum atomic E-state index is -0.844. The average Bonchev–Trinajstić information content (AvgIpc) is 2.96. The summed E-state index contributed by atoms with van der Waals surface area (Å²) < 4.78 is 11.2. The standard InChI is InChI=1S/C12H14BrN3O4/c1-19-9-8(13)2-14-11(15-9)16-3-7-4-20-6-12(7,5-16)10(17)18/h2,7H,3-6H2,1H3,(H,17,18)/t7-,12-/m1/s1. The zero-order chi connectivity index (χ0) is 14.3. The second-order valence-electron chi connectivity index (χ2n) is 5.08. The Morgan fingerprint density at radius 2 is 2.50 bits per heavy atom. The Morgan fingerprint density at radius 1 is 1.70 bits per heavy atom. The summed E-state index contributed by atoms with van der Waals surface area (Å²) in [6.45, 7) is 1.66. The van der Waals surface area contributed by atoms with Gasteiger partial charge < -0.3 is 19.5 Å². The maximum absolute atomic E-state index is 11.6. The lowest BCUT2D eigenvalue weighted by Gasteiger charge is -2.22. The van der Waals surface area contributed by atoms with Crippen molar-refractivity contribution in [3.05, 3.63) is 10.7 Å². The number of fused-ring (bicyclic) bond motifs is 1. The van der Waals surface area contributed by atoms with E-state index >= 15 is 0 Å². The van der Waals surface area contributed by atoms with Crippen LogP contribution in [0.2, 0.25) is 0 Å². The van der Waals surface area contributed by atoms with E-state index in [1.54, 1.807) is 6.20 Å². The predicted octanol–water partition coefficient (Wildman–Crippen LogP) is 0.785. The number of halogens is 1. The number of anilines is 1. The number of methoxy groups -OCH3 is 1. The first-order valence-corrected chi connectivity index (χ1v) is 6.99. The van der Waals surface area contributed by atoms with E-state index in [2.05, 4.69) is 25.9 Å². The lowest BCUT2D eigenvalue weighted by atomic mass is 9.81. The lowest BCUT2D eigenvalue weighted by molar-refractivity contribution is -0.149. The van der Waals surface area contributed by atoms with Crippen LogP contribution in [0.5, 0.6) is 5.88 Å². The van der Waals surface area contributed by atoms with E-state index in [-0.39, 0.29) is 12.5 Å². The van der Waals surface area contributed by atoms with Gasteiger partial charge in [0.05, 0.1) is 31.0 Å². The van der Waals surface area contributed by atoms with Gasteiger partial charge in [0.25, 0.3) is 0 Å². The van der Waals surface area contributed by atoms with Crippen LogP contribution in [0.4, 0.5) is 5.95 Å². The highest BCUT2D eigenvalue weighted by Crippen LogP contribution is 2.42. The van der Waals surface area contributed by atoms with Crippen molar-refractivity contribution in [3.8, 4) is 5.88 Å². The molecule has 0 radical (unpaired) electrons. The number of hydrogen-bond acceptors (Lipinski definition) is 6. The van der Waals surface area contributed by atoms with Gasteiger partial charge in [-0.1, -0.05) is 0 Å². The van der Waals surface area contributed by atoms with Crippen molar-refractivity contribution in [1.29, 1.82) is 0 Å². The molecule has 2 atom stereocenters. The smallest absolute Gasteiger partial charge is 0.314 e. The molecule has 0 aliphatic carbocycles. The molecule has 0 aromatic carbocycles. The summed E-state index contributed by atoms with van der Waals surface area (Å²) in [7, 11) is 1.53. The number of hydrogen-bond donors (Lipinski definition) is 1. The molecule has 108 valence electrons. The molecule has 1 aromatic rings. The van der Waals surface area contributed by atoms with Crippen LogP contribution in [0.3, 0.4) is 0 Å². The van der Waals surface area contributed by atoms with Crippen molar-refractivity contribution in [2.45, 2.75) is 0 Å². The molecule has 0 amide bonds. The van der Waals surface area contributed by atoms with E-state index in [0.29, 0.717) is 36.0 Å². The molecule has 0 unspecified atom stereocenters. The fourth-order valence-electron chi connectivity index (χ4n) is 2.83. The van der Waals surface area contributed by atoms with E-state index in [9.17, 15) is 9.90 Å². The van der Waals surface area contributed by atoms with Gasteiger partial charge in [-0.05, 0) is 15.9 Å². The molecule has 1 N–H and O–H groups in total. The normalized spacial score (nSPS) is 28.5. The molecule has 1 aromatic heterocycles. The molecule has 7 nitrogen and oxygen atoms in total. The van der Waals surface area contributed by atoms with E-state index in [0.717, 1.165) is 0 Å². The van der Waals surface area contributed by atoms with Crippen LogP contribution in [0.15, 0.2) is 10.7 Å². The lowest BCUT2D eigenvalue weighted by Crippen LogP contribution is -2.39. The van der Waals surface area contributed by atoms with Crippen LogP contribution in [0.25, 0.3) is 0 Å². The number of aliphatic carboxylic acids is 1. The van der Waals surface area contributed by atoms with Gasteiger partial charge in [-0.15, -0.1) is 0 Å². The predicted molar refractivity (Wildman–Crippen MR) is 72.9 cm³/mol. The number of ether oxygens (including phenoxy) is 2. The third kappa shape index (κ3) is 1.94. The van der Waals surface area contributed by atoms with Gasteiger partial charge in [0.2, 0.25) is 11.8 Å². The second kappa shape index (κ2) is 4.85. The van der Waals surface area contributed by atoms with E-state index in [4.69, 9.17) is 9.47 Å². The molecular weight excluding hydrogens is 330 g/mol. The zero-order valence-electron chi connectivity index (χ0n) is 10.9. The molecule has 0 spiro atoms. The molecule has 8 heteroatoms. The molecule has 0 bridgehead atoms. The summed E-state index contributed by atoms with van der Waals surface area (Å²) in [5, 5.41) is 9.50. The first-order chi connectivity index (χ1) is 9.56. The highest BCUT2D eigenvalue weighted by atomic mass is 79.9. The minimum absolute atomic E-state index is 0.0294. The van der Waals surface area contributed by atoms with Crippen LogP contribution in [-0.2, 0) is 9.53 Å². The first kappa shape index (κ1) is 13.6. The highest BCUT2D eigenvalue weighted by molar-refractivity contribution is 9.10. The van der Waals surface area contributed by atoms with Gasteiger partial charge in [-0.25, -0.2) is 4.98 Å². The van der Waals surface area contributed by atoms with Gasteiger partial charge in [0.1, 0.15) is 5.41 Å². The Labute approximate surface area is 124 Å². The zero-order valence-corrected chi connectivity index (χ0v) is 12.5. The summed E-state index contributed by atoms with van der Waals surface area (Å²) in [5.41, 5.74) is -0.844. The van der Waals surface area contributed by atoms with Crippen molar-refractivity contribution in [2.75, 3.05) is 38.3 Å². The average molecular weight is 344 g/mol. The Hall–Kier alpha value is -1.41. The minimum Gasteiger partial charge on any atom is -0.481 e. The van der Waals surface area contributed by atoms with Crippen molar-refractivity contribution in [3.63, 3.8) is 0 Å². The number of aromatic nitrogens is 2. The van der Waals surface area contributed by atoms with Crippen LogP contribution >= 0.6 is 15.9 Å². The molecular formula is C12H14BrN3O4. The van der Waals surface area contributed by atoms with Crippen molar-refractivity contribution >= 4 is 27.8 Å². The van der Waals surface area contributed by atoms with Crippen molar-refractivity contribution < 1.29 is 19.4 Å². The van der Waals surface area contributed by atoms with Gasteiger partial charge in [-0.3, -0.25) is 4.79 Å². The summed E-state index contributed by atoms with van der Waals surface area (Å²) >= 11 is 3.30. The van der Waals surface area contributed by atoms with E-state index in [1.165, 1.54) is 7.11 Å². The Kier molecular flexibility index (Phi) is 3.29. The molecule has 2 aliphatic rings. The summed E-state index contributed by atoms with van der Waals surface area (Å²) in [4.78, 5) is 22.0. The Morgan fingerprint density at radius 3 is 3.15 bits per heavy atom. The van der Waals surface area contributed by atoms with Crippen LogP contribution < -0.4 is 9.64 Å². The molecule has 2 fully saturated rings. The number of rotatable bonds is 3. The Bertz CT molecular complexity index is 556. The quantitative estimate of drug-likeness (QED) is 0.868. The molecule has 20 heavy (non-hydrogen) atoms. The van der Waals surface area contributed by atoms with Gasteiger partial charge in [0, 0.05) is 19.0 Å². The second-order valence-corrected chi connectivity index (χ2v) is 5.94. The number of nitrogens with zero attached hydrogens (tertiary/aromatic N) is 3. The largest absolute Gasteiger partial charge is 0.481 e. The van der Waals surface area contributed by atoms with Gasteiger partial charge >= 0.3 is 5.97 Å². The summed E-state index contributed by atoms with van der Waals surface area (Å²) in [5.74, 6) is 0.0811. The third-order valence-corrected chi connectivity index (χ3v) is 4.52. The Balaban J connectivity index is 1.89. The van der Waals surface area contributed by atoms with Crippen LogP contribution in [0.1, 0.15) is 0 Å². The van der Waals surface area contributed by atoms with Crippen LogP contribution in [-0.4, -0.2) is 54.5 Å². The molecule has 2 saturated heterocycles. The topological polar surface area (TPSA) is 84.8 Å². The van der Waals surface area contributed by atoms with Crippen LogP contribution in [0, 0.1) is 11.3 Å². The number of carboxylic acids is 1. The SMILES string of the molecule is COc1nc(N2C[C@@H]3COC[C@]3(C(=O)O)C2)ncc1Br. The monoisotopic (exact) mass is 343 g/mol. The fraction of sp³-hybridized carbons (Fsp3) is 0.583. The van der Waals surface area contributed by atoms with Gasteiger partial charge in [0.15, 0.2) is 0 Å². The number of carboxylic acid groups (broad SMARTS) is 1. The van der Waals surface area contributed by atoms with E-state index in [1.807, 2.05) is 4.90 Å². The molecule has 3 heterocycles. The first-order valence-electron chi connectivity index (χ1n) is 6.19. The third-order valence-electron chi connectivity index (χ3n) is 3.98. The fourth-order valence-corrected chi connectivity index (χ4v) is 3.18. The van der Waals surface area contributed by atoms with Crippen molar-refractivity contribution in [1.82, 2.24) is 9.97 Å². The van der Waals surface area contributed by atoms with Crippen molar-refractivity contribution in [2.24, 2.45) is 11.3 Å². The van der Waals surface area contributed by atoms with Gasteiger partial charge in [-0.2, -0.15) is 4.98 Å². The highest BCUT2D eigenvalue weighted by Gasteiger charge is 2.56. The maximum Gasteiger partial charge on any atom is 0.314 e. The maximum atomic E-state index is 11.6. The van der Waals surface area contributed by atoms with E-state index < -0.39 is 11.4 Å². The molecule has 0 saturated carbocycles. The summed E-state index contributed by atoms with van der Waals surface area (Å²) in [6, 6.07) is 0. The summed E-state index contributed by atoms with van der Waals surface area (Å²) in [6.07, 6.45) is 1.61.